The summed E-state index contributed by atoms with van der Waals surface area (Å²) in [6.07, 6.45) is 0.0839. The molecule has 1 amide bonds. The van der Waals surface area contributed by atoms with E-state index in [9.17, 15) is 9.59 Å². The molecule has 1 N–H and O–H groups in total. The second-order valence-corrected chi connectivity index (χ2v) is 7.05. The van der Waals surface area contributed by atoms with Crippen LogP contribution in [0, 0.1) is 6.92 Å². The monoisotopic (exact) mass is 403 g/mol. The lowest BCUT2D eigenvalue weighted by Crippen LogP contribution is -2.25. The van der Waals surface area contributed by atoms with Crippen LogP contribution in [0.15, 0.2) is 47.8 Å². The van der Waals surface area contributed by atoms with Crippen LogP contribution in [-0.2, 0) is 16.1 Å². The summed E-state index contributed by atoms with van der Waals surface area (Å²) >= 11 is 7.75. The molecule has 0 atom stereocenters. The summed E-state index contributed by atoms with van der Waals surface area (Å²) in [6.45, 7) is 2.07. The van der Waals surface area contributed by atoms with E-state index in [1.165, 1.54) is 11.3 Å². The quantitative estimate of drug-likeness (QED) is 0.609. The minimum Gasteiger partial charge on any atom is -0.461 e. The summed E-state index contributed by atoms with van der Waals surface area (Å²) in [4.78, 5) is 24.4. The van der Waals surface area contributed by atoms with Crippen LogP contribution in [0.4, 0.5) is 0 Å². The van der Waals surface area contributed by atoms with Crippen LogP contribution < -0.4 is 5.32 Å². The smallest absolute Gasteiger partial charge is 0.307 e. The number of amides is 1. The summed E-state index contributed by atoms with van der Waals surface area (Å²) in [5.41, 5.74) is 2.19. The zero-order valence-corrected chi connectivity index (χ0v) is 16.2. The summed E-state index contributed by atoms with van der Waals surface area (Å²) in [5.74, 6) is -0.606. The van der Waals surface area contributed by atoms with Crippen LogP contribution in [0.3, 0.4) is 0 Å². The molecule has 0 spiro atoms. The van der Waals surface area contributed by atoms with Gasteiger partial charge >= 0.3 is 5.97 Å². The molecular weight excluding hydrogens is 386 g/mol. The Hall–Kier alpha value is -2.64. The second kappa shape index (κ2) is 8.83. The number of nitrogens with one attached hydrogen (secondary N) is 1. The highest BCUT2D eigenvalue weighted by molar-refractivity contribution is 7.12. The fourth-order valence-electron chi connectivity index (χ4n) is 2.43. The lowest BCUT2D eigenvalue weighted by atomic mass is 10.3. The largest absolute Gasteiger partial charge is 0.461 e. The lowest BCUT2D eigenvalue weighted by molar-refractivity contribution is -0.144. The molecule has 0 aliphatic rings. The summed E-state index contributed by atoms with van der Waals surface area (Å²) in [5, 5.41) is 9.34. The van der Waals surface area contributed by atoms with Gasteiger partial charge in [-0.05, 0) is 30.5 Å². The molecule has 3 rings (SSSR count). The van der Waals surface area contributed by atoms with Crippen LogP contribution >= 0.6 is 22.9 Å². The van der Waals surface area contributed by atoms with Gasteiger partial charge in [0.2, 0.25) is 0 Å². The van der Waals surface area contributed by atoms with E-state index in [2.05, 4.69) is 10.4 Å². The van der Waals surface area contributed by atoms with E-state index in [0.717, 1.165) is 5.69 Å². The van der Waals surface area contributed by atoms with Crippen LogP contribution in [0.2, 0.25) is 5.15 Å². The van der Waals surface area contributed by atoms with Gasteiger partial charge < -0.3 is 10.1 Å². The first-order chi connectivity index (χ1) is 13.1. The maximum atomic E-state index is 11.9. The van der Waals surface area contributed by atoms with Crippen molar-refractivity contribution >= 4 is 34.8 Å². The topological polar surface area (TPSA) is 73.2 Å². The number of aryl methyl sites for hydroxylation is 1. The molecule has 140 valence electrons. The molecule has 0 unspecified atom stereocenters. The van der Waals surface area contributed by atoms with Gasteiger partial charge in [-0.15, -0.1) is 11.3 Å². The Labute approximate surface area is 165 Å². The average Bonchev–Trinajstić information content (AvgIpc) is 3.30. The standard InChI is InChI=1S/C19H18ClN3O3S/c1-13-15(18(20)23(22-13)14-6-3-2-4-7-14)12-26-17(24)9-10-21-19(25)16-8-5-11-27-16/h2-8,11H,9-10,12H2,1H3,(H,21,25). The Kier molecular flexibility index (Phi) is 6.26. The Bertz CT molecular complexity index is 923. The number of hydrogen-bond acceptors (Lipinski definition) is 5. The number of para-hydroxylation sites is 1. The minimum atomic E-state index is -0.413. The lowest BCUT2D eigenvalue weighted by Gasteiger charge is -2.06. The first-order valence-electron chi connectivity index (χ1n) is 8.33. The number of thiophene rings is 1. The molecule has 0 saturated heterocycles. The Morgan fingerprint density at radius 3 is 2.70 bits per heavy atom. The third kappa shape index (κ3) is 4.75. The van der Waals surface area contributed by atoms with Crippen molar-refractivity contribution in [3.05, 3.63) is 69.1 Å². The van der Waals surface area contributed by atoms with Gasteiger partial charge in [-0.25, -0.2) is 4.68 Å². The molecule has 8 heteroatoms. The van der Waals surface area contributed by atoms with Crippen LogP contribution in [0.1, 0.15) is 27.3 Å². The van der Waals surface area contributed by atoms with Gasteiger partial charge in [0.05, 0.1) is 22.7 Å². The third-order valence-electron chi connectivity index (χ3n) is 3.86. The van der Waals surface area contributed by atoms with Gasteiger partial charge in [0.25, 0.3) is 5.91 Å². The Balaban J connectivity index is 1.52. The third-order valence-corrected chi connectivity index (χ3v) is 5.12. The summed E-state index contributed by atoms with van der Waals surface area (Å²) < 4.78 is 6.90. The zero-order chi connectivity index (χ0) is 19.2. The summed E-state index contributed by atoms with van der Waals surface area (Å²) in [7, 11) is 0. The Morgan fingerprint density at radius 1 is 1.22 bits per heavy atom. The number of halogens is 1. The number of rotatable bonds is 7. The molecule has 0 fully saturated rings. The molecule has 0 aliphatic heterocycles. The normalized spacial score (nSPS) is 10.6. The maximum Gasteiger partial charge on any atom is 0.307 e. The number of nitrogens with zero attached hydrogens (tertiary/aromatic N) is 2. The molecule has 0 aliphatic carbocycles. The fraction of sp³-hybridized carbons (Fsp3) is 0.211. The number of esters is 1. The predicted octanol–water partition coefficient (Wildman–Crippen LogP) is 3.76. The number of carbonyl (C=O) groups excluding carboxylic acids is 2. The number of aromatic nitrogens is 2. The molecule has 0 radical (unpaired) electrons. The number of ether oxygens (including phenoxy) is 1. The molecular formula is C19H18ClN3O3S. The highest BCUT2D eigenvalue weighted by Gasteiger charge is 2.16. The van der Waals surface area contributed by atoms with Crippen LogP contribution in [-0.4, -0.2) is 28.2 Å². The maximum absolute atomic E-state index is 11.9. The van der Waals surface area contributed by atoms with E-state index in [1.54, 1.807) is 16.8 Å². The predicted molar refractivity (Wildman–Crippen MR) is 104 cm³/mol. The van der Waals surface area contributed by atoms with E-state index in [1.807, 2.05) is 42.6 Å². The van der Waals surface area contributed by atoms with Crippen molar-refractivity contribution in [2.45, 2.75) is 20.0 Å². The van der Waals surface area contributed by atoms with Crippen LogP contribution in [0.5, 0.6) is 0 Å². The highest BCUT2D eigenvalue weighted by Crippen LogP contribution is 2.24. The van der Waals surface area contributed by atoms with Crippen molar-refractivity contribution in [2.24, 2.45) is 0 Å². The molecule has 2 aromatic heterocycles. The first-order valence-corrected chi connectivity index (χ1v) is 9.58. The highest BCUT2D eigenvalue weighted by atomic mass is 35.5. The average molecular weight is 404 g/mol. The van der Waals surface area contributed by atoms with Gasteiger partial charge in [0.15, 0.2) is 0 Å². The van der Waals surface area contributed by atoms with Crippen molar-refractivity contribution in [3.8, 4) is 5.69 Å². The number of benzene rings is 1. The molecule has 0 saturated carbocycles. The van der Waals surface area contributed by atoms with E-state index < -0.39 is 5.97 Å². The fourth-order valence-corrected chi connectivity index (χ4v) is 3.40. The molecule has 6 nitrogen and oxygen atoms in total. The molecule has 1 aromatic carbocycles. The molecule has 27 heavy (non-hydrogen) atoms. The van der Waals surface area contributed by atoms with Crippen molar-refractivity contribution in [1.82, 2.24) is 15.1 Å². The molecule has 3 aromatic rings. The SMILES string of the molecule is Cc1nn(-c2ccccc2)c(Cl)c1COC(=O)CCNC(=O)c1cccs1. The van der Waals surface area contributed by atoms with Crippen molar-refractivity contribution in [3.63, 3.8) is 0 Å². The molecule has 0 bridgehead atoms. The number of carbonyl (C=O) groups is 2. The second-order valence-electron chi connectivity index (χ2n) is 5.75. The van der Waals surface area contributed by atoms with Gasteiger partial charge in [-0.1, -0.05) is 35.9 Å². The number of hydrogen-bond donors (Lipinski definition) is 1. The van der Waals surface area contributed by atoms with Gasteiger partial charge in [-0.2, -0.15) is 5.10 Å². The van der Waals surface area contributed by atoms with E-state index in [4.69, 9.17) is 16.3 Å². The first kappa shape index (κ1) is 19.1. The van der Waals surface area contributed by atoms with E-state index >= 15 is 0 Å². The van der Waals surface area contributed by atoms with Gasteiger partial charge in [0.1, 0.15) is 11.8 Å². The van der Waals surface area contributed by atoms with Crippen LogP contribution in [0.25, 0.3) is 5.69 Å². The van der Waals surface area contributed by atoms with E-state index in [0.29, 0.717) is 21.3 Å². The van der Waals surface area contributed by atoms with Crippen molar-refractivity contribution in [1.29, 1.82) is 0 Å². The molecule has 2 heterocycles. The minimum absolute atomic E-state index is 0.0369. The van der Waals surface area contributed by atoms with E-state index in [-0.39, 0.29) is 25.5 Å². The van der Waals surface area contributed by atoms with Crippen molar-refractivity contribution in [2.75, 3.05) is 6.54 Å². The van der Waals surface area contributed by atoms with Crippen molar-refractivity contribution < 1.29 is 14.3 Å². The zero-order valence-electron chi connectivity index (χ0n) is 14.6. The summed E-state index contributed by atoms with van der Waals surface area (Å²) in [6, 6.07) is 13.0. The van der Waals surface area contributed by atoms with Gasteiger partial charge in [-0.3, -0.25) is 9.59 Å². The Morgan fingerprint density at radius 2 is 2.00 bits per heavy atom. The van der Waals surface area contributed by atoms with Gasteiger partial charge in [0, 0.05) is 12.1 Å².